The SMILES string of the molecule is O=CCc1ccc(Nc2nc(Cl)ncc2F)cc1. The topological polar surface area (TPSA) is 54.9 Å². The van der Waals surface area contributed by atoms with E-state index in [0.717, 1.165) is 18.0 Å². The summed E-state index contributed by atoms with van der Waals surface area (Å²) in [4.78, 5) is 17.6. The Morgan fingerprint density at radius 1 is 1.33 bits per heavy atom. The average Bonchev–Trinajstić information content (AvgIpc) is 2.37. The lowest BCUT2D eigenvalue weighted by Gasteiger charge is -2.06. The number of halogens is 2. The fraction of sp³-hybridized carbons (Fsp3) is 0.0833. The molecule has 0 fully saturated rings. The zero-order valence-corrected chi connectivity index (χ0v) is 9.99. The van der Waals surface area contributed by atoms with E-state index in [9.17, 15) is 9.18 Å². The van der Waals surface area contributed by atoms with Crippen molar-refractivity contribution in [3.05, 3.63) is 47.1 Å². The minimum atomic E-state index is -0.587. The van der Waals surface area contributed by atoms with Gasteiger partial charge >= 0.3 is 0 Å². The third kappa shape index (κ3) is 3.01. The van der Waals surface area contributed by atoms with Crippen LogP contribution in [0.25, 0.3) is 0 Å². The number of hydrogen-bond acceptors (Lipinski definition) is 4. The van der Waals surface area contributed by atoms with Gasteiger partial charge in [0.2, 0.25) is 5.28 Å². The zero-order valence-electron chi connectivity index (χ0n) is 9.23. The van der Waals surface area contributed by atoms with Crippen LogP contribution in [0.2, 0.25) is 5.28 Å². The maximum absolute atomic E-state index is 13.4. The molecule has 0 aliphatic rings. The number of benzene rings is 1. The van der Waals surface area contributed by atoms with Crippen molar-refractivity contribution >= 4 is 29.4 Å². The van der Waals surface area contributed by atoms with Gasteiger partial charge in [-0.2, -0.15) is 4.98 Å². The van der Waals surface area contributed by atoms with Crippen LogP contribution in [0.1, 0.15) is 5.56 Å². The first kappa shape index (κ1) is 12.4. The third-order valence-corrected chi connectivity index (χ3v) is 2.43. The number of nitrogens with one attached hydrogen (secondary N) is 1. The number of carbonyl (C=O) groups is 1. The van der Waals surface area contributed by atoms with Crippen LogP contribution in [-0.2, 0) is 11.2 Å². The van der Waals surface area contributed by atoms with E-state index in [2.05, 4.69) is 15.3 Å². The van der Waals surface area contributed by atoms with Crippen LogP contribution in [-0.4, -0.2) is 16.3 Å². The summed E-state index contributed by atoms with van der Waals surface area (Å²) in [5.74, 6) is -0.575. The fourth-order valence-corrected chi connectivity index (χ4v) is 1.52. The second kappa shape index (κ2) is 5.55. The lowest BCUT2D eigenvalue weighted by Crippen LogP contribution is -1.99. The highest BCUT2D eigenvalue weighted by atomic mass is 35.5. The van der Waals surface area contributed by atoms with Crippen molar-refractivity contribution in [2.24, 2.45) is 0 Å². The Labute approximate surface area is 108 Å². The van der Waals surface area contributed by atoms with Crippen LogP contribution in [0.15, 0.2) is 30.5 Å². The van der Waals surface area contributed by atoms with E-state index in [-0.39, 0.29) is 11.1 Å². The molecule has 0 atom stereocenters. The van der Waals surface area contributed by atoms with Crippen molar-refractivity contribution in [3.8, 4) is 0 Å². The molecular formula is C12H9ClFN3O. The predicted molar refractivity (Wildman–Crippen MR) is 66.5 cm³/mol. The summed E-state index contributed by atoms with van der Waals surface area (Å²) in [6, 6.07) is 7.01. The number of hydrogen-bond donors (Lipinski definition) is 1. The molecule has 0 radical (unpaired) electrons. The van der Waals surface area contributed by atoms with Crippen LogP contribution < -0.4 is 5.32 Å². The average molecular weight is 266 g/mol. The second-order valence-electron chi connectivity index (χ2n) is 3.53. The van der Waals surface area contributed by atoms with Crippen LogP contribution in [0, 0.1) is 5.82 Å². The van der Waals surface area contributed by atoms with Gasteiger partial charge in [0.25, 0.3) is 0 Å². The highest BCUT2D eigenvalue weighted by Crippen LogP contribution is 2.19. The number of aldehydes is 1. The number of rotatable bonds is 4. The molecule has 0 aliphatic heterocycles. The molecule has 92 valence electrons. The van der Waals surface area contributed by atoms with Crippen LogP contribution in [0.5, 0.6) is 0 Å². The summed E-state index contributed by atoms with van der Waals surface area (Å²) >= 11 is 5.58. The van der Waals surface area contributed by atoms with E-state index in [1.165, 1.54) is 0 Å². The zero-order chi connectivity index (χ0) is 13.0. The van der Waals surface area contributed by atoms with Crippen molar-refractivity contribution in [2.75, 3.05) is 5.32 Å². The molecule has 0 spiro atoms. The van der Waals surface area contributed by atoms with Crippen molar-refractivity contribution in [1.29, 1.82) is 0 Å². The first-order valence-corrected chi connectivity index (χ1v) is 5.54. The van der Waals surface area contributed by atoms with Gasteiger partial charge in [-0.25, -0.2) is 9.37 Å². The number of carbonyl (C=O) groups excluding carboxylic acids is 1. The molecule has 18 heavy (non-hydrogen) atoms. The minimum absolute atomic E-state index is 0.0122. The first-order valence-electron chi connectivity index (χ1n) is 5.16. The molecule has 6 heteroatoms. The molecular weight excluding hydrogens is 257 g/mol. The number of nitrogens with zero attached hydrogens (tertiary/aromatic N) is 2. The van der Waals surface area contributed by atoms with E-state index in [1.54, 1.807) is 24.3 Å². The van der Waals surface area contributed by atoms with Gasteiger partial charge < -0.3 is 10.1 Å². The summed E-state index contributed by atoms with van der Waals surface area (Å²) in [5, 5.41) is 2.75. The molecule has 4 nitrogen and oxygen atoms in total. The molecule has 0 saturated carbocycles. The van der Waals surface area contributed by atoms with Gasteiger partial charge in [0.15, 0.2) is 11.6 Å². The van der Waals surface area contributed by atoms with E-state index in [4.69, 9.17) is 11.6 Å². The molecule has 1 N–H and O–H groups in total. The molecule has 0 saturated heterocycles. The Morgan fingerprint density at radius 2 is 2.06 bits per heavy atom. The molecule has 1 heterocycles. The molecule has 2 rings (SSSR count). The molecule has 0 bridgehead atoms. The third-order valence-electron chi connectivity index (χ3n) is 2.25. The van der Waals surface area contributed by atoms with E-state index in [0.29, 0.717) is 12.1 Å². The molecule has 0 unspecified atom stereocenters. The quantitative estimate of drug-likeness (QED) is 0.682. The fourth-order valence-electron chi connectivity index (χ4n) is 1.39. The first-order chi connectivity index (χ1) is 8.69. The largest absolute Gasteiger partial charge is 0.338 e. The van der Waals surface area contributed by atoms with Crippen molar-refractivity contribution in [2.45, 2.75) is 6.42 Å². The Balaban J connectivity index is 2.18. The van der Waals surface area contributed by atoms with E-state index < -0.39 is 5.82 Å². The van der Waals surface area contributed by atoms with Crippen molar-refractivity contribution < 1.29 is 9.18 Å². The molecule has 0 aliphatic carbocycles. The van der Waals surface area contributed by atoms with E-state index in [1.807, 2.05) is 0 Å². The highest BCUT2D eigenvalue weighted by molar-refractivity contribution is 6.28. The Bertz CT molecular complexity index is 560. The van der Waals surface area contributed by atoms with Gasteiger partial charge in [-0.3, -0.25) is 0 Å². The Hall–Kier alpha value is -2.01. The van der Waals surface area contributed by atoms with Gasteiger partial charge in [-0.1, -0.05) is 12.1 Å². The van der Waals surface area contributed by atoms with Gasteiger partial charge in [-0.15, -0.1) is 0 Å². The van der Waals surface area contributed by atoms with Crippen LogP contribution in [0.4, 0.5) is 15.9 Å². The highest BCUT2D eigenvalue weighted by Gasteiger charge is 2.06. The predicted octanol–water partition coefficient (Wildman–Crippen LogP) is 2.75. The van der Waals surface area contributed by atoms with Gasteiger partial charge in [0.1, 0.15) is 6.29 Å². The maximum atomic E-state index is 13.4. The summed E-state index contributed by atoms with van der Waals surface area (Å²) in [6.45, 7) is 0. The van der Waals surface area contributed by atoms with Crippen molar-refractivity contribution in [3.63, 3.8) is 0 Å². The van der Waals surface area contributed by atoms with Crippen LogP contribution >= 0.6 is 11.6 Å². The summed E-state index contributed by atoms with van der Waals surface area (Å²) in [5.41, 5.74) is 1.54. The maximum Gasteiger partial charge on any atom is 0.224 e. The minimum Gasteiger partial charge on any atom is -0.338 e. The Kier molecular flexibility index (Phi) is 3.84. The lowest BCUT2D eigenvalue weighted by molar-refractivity contribution is -0.107. The normalized spacial score (nSPS) is 10.1. The number of anilines is 2. The lowest BCUT2D eigenvalue weighted by atomic mass is 10.1. The summed E-state index contributed by atoms with van der Waals surface area (Å²) in [7, 11) is 0. The smallest absolute Gasteiger partial charge is 0.224 e. The van der Waals surface area contributed by atoms with Gasteiger partial charge in [0.05, 0.1) is 6.20 Å². The van der Waals surface area contributed by atoms with Gasteiger partial charge in [-0.05, 0) is 29.3 Å². The second-order valence-corrected chi connectivity index (χ2v) is 3.87. The molecule has 1 aromatic heterocycles. The molecule has 1 aromatic carbocycles. The number of aromatic nitrogens is 2. The standard InChI is InChI=1S/C12H9ClFN3O/c13-12-15-7-10(14)11(17-12)16-9-3-1-8(2-4-9)5-6-18/h1-4,6-7H,5H2,(H,15,16,17). The summed E-state index contributed by atoms with van der Waals surface area (Å²) < 4.78 is 13.4. The molecule has 0 amide bonds. The summed E-state index contributed by atoms with van der Waals surface area (Å²) in [6.07, 6.45) is 2.18. The monoisotopic (exact) mass is 265 g/mol. The van der Waals surface area contributed by atoms with Crippen LogP contribution in [0.3, 0.4) is 0 Å². The molecule has 2 aromatic rings. The van der Waals surface area contributed by atoms with E-state index >= 15 is 0 Å². The Morgan fingerprint density at radius 3 is 2.72 bits per heavy atom. The van der Waals surface area contributed by atoms with Gasteiger partial charge in [0, 0.05) is 12.1 Å². The van der Waals surface area contributed by atoms with Crippen molar-refractivity contribution in [1.82, 2.24) is 9.97 Å².